The number of ketones is 1. The van der Waals surface area contributed by atoms with Crippen molar-refractivity contribution < 1.29 is 14.4 Å². The van der Waals surface area contributed by atoms with E-state index in [4.69, 9.17) is 0 Å². The quantitative estimate of drug-likeness (QED) is 0.393. The Morgan fingerprint density at radius 2 is 2.09 bits per heavy atom. The summed E-state index contributed by atoms with van der Waals surface area (Å²) in [4.78, 5) is 26.2. The third kappa shape index (κ3) is 4.10. The van der Waals surface area contributed by atoms with Crippen LogP contribution in [0.25, 0.3) is 0 Å². The molecule has 0 aromatic heterocycles. The minimum atomic E-state index is -0.336. The molecule has 0 rings (SSSR count). The second kappa shape index (κ2) is 5.26. The fourth-order valence-corrected chi connectivity index (χ4v) is 0.627. The highest BCUT2D eigenvalue weighted by Gasteiger charge is 2.11. The van der Waals surface area contributed by atoms with Gasteiger partial charge in [-0.05, 0) is 0 Å². The number of carbonyl (C=O) groups excluding carboxylic acids is 2. The summed E-state index contributed by atoms with van der Waals surface area (Å²) >= 11 is 2.95. The molecule has 64 valence electrons. The Morgan fingerprint density at radius 1 is 1.55 bits per heavy atom. The molecule has 5 heteroatoms. The number of amides is 1. The molecule has 0 aliphatic heterocycles. The van der Waals surface area contributed by atoms with Gasteiger partial charge in [-0.25, -0.2) is 5.06 Å². The minimum absolute atomic E-state index is 0.115. The van der Waals surface area contributed by atoms with E-state index in [2.05, 4.69) is 20.8 Å². The van der Waals surface area contributed by atoms with Gasteiger partial charge in [-0.15, -0.1) is 0 Å². The lowest BCUT2D eigenvalue weighted by Gasteiger charge is -2.11. The zero-order valence-corrected chi connectivity index (χ0v) is 8.05. The van der Waals surface area contributed by atoms with Crippen LogP contribution in [0, 0.1) is 0 Å². The Hall–Kier alpha value is -0.420. The number of rotatable bonds is 4. The topological polar surface area (TPSA) is 46.6 Å². The maximum Gasteiger partial charge on any atom is 0.253 e. The number of hydrogen-bond acceptors (Lipinski definition) is 3. The molecule has 0 radical (unpaired) electrons. The Morgan fingerprint density at radius 3 is 2.45 bits per heavy atom. The van der Waals surface area contributed by atoms with Crippen LogP contribution in [0.4, 0.5) is 0 Å². The van der Waals surface area contributed by atoms with Gasteiger partial charge < -0.3 is 0 Å². The van der Waals surface area contributed by atoms with E-state index in [0.29, 0.717) is 0 Å². The summed E-state index contributed by atoms with van der Waals surface area (Å²) < 4.78 is 0. The number of hydrogen-bond donors (Lipinski definition) is 0. The molecule has 0 spiro atoms. The highest BCUT2D eigenvalue weighted by Crippen LogP contribution is 1.94. The van der Waals surface area contributed by atoms with Crippen LogP contribution in [-0.2, 0) is 14.4 Å². The molecule has 11 heavy (non-hydrogen) atoms. The molecule has 0 unspecified atom stereocenters. The normalized spacial score (nSPS) is 9.36. The summed E-state index contributed by atoms with van der Waals surface area (Å²) in [6.45, 7) is 0. The number of Topliss-reactive ketones (excluding diaryl/α,β-unsaturated/α-hetero) is 1. The fourth-order valence-electron chi connectivity index (χ4n) is 0.429. The molecule has 0 atom stereocenters. The van der Waals surface area contributed by atoms with Gasteiger partial charge in [0.05, 0.1) is 18.9 Å². The Bertz CT molecular complexity index is 160. The van der Waals surface area contributed by atoms with Crippen LogP contribution in [0.2, 0.25) is 0 Å². The van der Waals surface area contributed by atoms with Gasteiger partial charge in [0, 0.05) is 7.05 Å². The average molecular weight is 224 g/mol. The minimum Gasteiger partial charge on any atom is -0.298 e. The van der Waals surface area contributed by atoms with E-state index in [1.165, 1.54) is 14.2 Å². The van der Waals surface area contributed by atoms with E-state index >= 15 is 0 Å². The lowest BCUT2D eigenvalue weighted by molar-refractivity contribution is -0.169. The van der Waals surface area contributed by atoms with Gasteiger partial charge >= 0.3 is 0 Å². The standard InChI is InChI=1S/C6H10BrNO3/c1-8(11-2)6(10)3-5(9)4-7/h3-4H2,1-2H3. The summed E-state index contributed by atoms with van der Waals surface area (Å²) in [6.07, 6.45) is -0.115. The van der Waals surface area contributed by atoms with Crippen LogP contribution >= 0.6 is 15.9 Å². The number of halogens is 1. The smallest absolute Gasteiger partial charge is 0.253 e. The number of nitrogens with zero attached hydrogens (tertiary/aromatic N) is 1. The van der Waals surface area contributed by atoms with Gasteiger partial charge in [-0.3, -0.25) is 14.4 Å². The molecule has 0 aliphatic carbocycles. The monoisotopic (exact) mass is 223 g/mol. The highest BCUT2D eigenvalue weighted by atomic mass is 79.9. The lowest BCUT2D eigenvalue weighted by atomic mass is 10.3. The summed E-state index contributed by atoms with van der Waals surface area (Å²) in [5, 5.41) is 1.23. The van der Waals surface area contributed by atoms with Gasteiger partial charge in [0.15, 0.2) is 5.78 Å². The van der Waals surface area contributed by atoms with Crippen molar-refractivity contribution in [3.63, 3.8) is 0 Å². The predicted octanol–water partition coefficient (Wildman–Crippen LogP) is 0.360. The third-order valence-corrected chi connectivity index (χ3v) is 1.75. The number of alkyl halides is 1. The first-order valence-corrected chi connectivity index (χ1v) is 4.12. The van der Waals surface area contributed by atoms with Crippen LogP contribution in [0.3, 0.4) is 0 Å². The van der Waals surface area contributed by atoms with E-state index in [-0.39, 0.29) is 23.4 Å². The van der Waals surface area contributed by atoms with Crippen LogP contribution in [-0.4, -0.2) is 36.2 Å². The van der Waals surface area contributed by atoms with Crippen molar-refractivity contribution in [2.75, 3.05) is 19.5 Å². The molecule has 0 aromatic rings. The van der Waals surface area contributed by atoms with Crippen LogP contribution in [0.5, 0.6) is 0 Å². The largest absolute Gasteiger partial charge is 0.298 e. The van der Waals surface area contributed by atoms with Crippen LogP contribution < -0.4 is 0 Å². The average Bonchev–Trinajstić information content (AvgIpc) is 2.02. The summed E-state index contributed by atoms with van der Waals surface area (Å²) in [6, 6.07) is 0. The third-order valence-electron chi connectivity index (χ3n) is 1.12. The van der Waals surface area contributed by atoms with Gasteiger partial charge in [0.25, 0.3) is 5.91 Å². The maximum absolute atomic E-state index is 10.9. The fraction of sp³-hybridized carbons (Fsp3) is 0.667. The lowest BCUT2D eigenvalue weighted by Crippen LogP contribution is -2.27. The van der Waals surface area contributed by atoms with Gasteiger partial charge in [-0.1, -0.05) is 15.9 Å². The summed E-state index contributed by atoms with van der Waals surface area (Å²) in [5.41, 5.74) is 0. The molecule has 4 nitrogen and oxygen atoms in total. The number of carbonyl (C=O) groups is 2. The van der Waals surface area contributed by atoms with Crippen molar-refractivity contribution in [1.29, 1.82) is 0 Å². The Kier molecular flexibility index (Phi) is 5.06. The number of hydroxylamine groups is 2. The zero-order chi connectivity index (χ0) is 8.85. The summed E-state index contributed by atoms with van der Waals surface area (Å²) in [7, 11) is 2.83. The molecule has 1 amide bonds. The van der Waals surface area contributed by atoms with Crippen molar-refractivity contribution in [2.24, 2.45) is 0 Å². The first-order chi connectivity index (χ1) is 5.11. The summed E-state index contributed by atoms with van der Waals surface area (Å²) in [5.74, 6) is -0.490. The zero-order valence-electron chi connectivity index (χ0n) is 6.46. The first-order valence-electron chi connectivity index (χ1n) is 3.00. The second-order valence-corrected chi connectivity index (χ2v) is 2.48. The molecule has 0 heterocycles. The van der Waals surface area contributed by atoms with E-state index in [9.17, 15) is 9.59 Å². The van der Waals surface area contributed by atoms with E-state index < -0.39 is 0 Å². The van der Waals surface area contributed by atoms with Crippen LogP contribution in [0.15, 0.2) is 0 Å². The molecule has 0 fully saturated rings. The van der Waals surface area contributed by atoms with E-state index in [1.807, 2.05) is 0 Å². The van der Waals surface area contributed by atoms with E-state index in [0.717, 1.165) is 5.06 Å². The SMILES string of the molecule is CON(C)C(=O)CC(=O)CBr. The highest BCUT2D eigenvalue weighted by molar-refractivity contribution is 9.09. The van der Waals surface area contributed by atoms with Crippen molar-refractivity contribution in [2.45, 2.75) is 6.42 Å². The van der Waals surface area contributed by atoms with Crippen molar-refractivity contribution in [3.05, 3.63) is 0 Å². The van der Waals surface area contributed by atoms with Crippen LogP contribution in [0.1, 0.15) is 6.42 Å². The second-order valence-electron chi connectivity index (χ2n) is 1.92. The molecule has 0 aromatic carbocycles. The van der Waals surface area contributed by atoms with Crippen molar-refractivity contribution >= 4 is 27.6 Å². The first kappa shape index (κ1) is 10.6. The molecule has 0 saturated heterocycles. The Balaban J connectivity index is 3.77. The molecular weight excluding hydrogens is 214 g/mol. The van der Waals surface area contributed by atoms with Gasteiger partial charge in [-0.2, -0.15) is 0 Å². The molecule has 0 bridgehead atoms. The van der Waals surface area contributed by atoms with Gasteiger partial charge in [0.2, 0.25) is 0 Å². The maximum atomic E-state index is 10.9. The molecule has 0 N–H and O–H groups in total. The van der Waals surface area contributed by atoms with Gasteiger partial charge in [0.1, 0.15) is 0 Å². The van der Waals surface area contributed by atoms with Crippen molar-refractivity contribution in [1.82, 2.24) is 5.06 Å². The Labute approximate surface area is 73.6 Å². The predicted molar refractivity (Wildman–Crippen MR) is 43.2 cm³/mol. The molecular formula is C6H10BrNO3. The molecule has 0 saturated carbocycles. The van der Waals surface area contributed by atoms with Crippen molar-refractivity contribution in [3.8, 4) is 0 Å². The molecule has 0 aliphatic rings. The van der Waals surface area contributed by atoms with E-state index in [1.54, 1.807) is 0 Å².